The number of aliphatic hydroxyl groups is 1. The summed E-state index contributed by atoms with van der Waals surface area (Å²) in [5.41, 5.74) is 0.155. The molecule has 0 saturated heterocycles. The summed E-state index contributed by atoms with van der Waals surface area (Å²) in [6, 6.07) is 11.0. The Kier molecular flexibility index (Phi) is 5.44. The lowest BCUT2D eigenvalue weighted by Gasteiger charge is -2.14. The third kappa shape index (κ3) is 4.37. The number of alkyl halides is 2. The second kappa shape index (κ2) is 7.51. The van der Waals surface area contributed by atoms with Gasteiger partial charge in [0.25, 0.3) is 0 Å². The van der Waals surface area contributed by atoms with Crippen molar-refractivity contribution in [2.75, 3.05) is 6.61 Å². The van der Waals surface area contributed by atoms with E-state index in [1.54, 1.807) is 6.07 Å². The van der Waals surface area contributed by atoms with Crippen LogP contribution >= 0.6 is 0 Å². The number of ether oxygens (including phenoxy) is 2. The fraction of sp³-hybridized carbons (Fsp3) is 0.188. The summed E-state index contributed by atoms with van der Waals surface area (Å²) >= 11 is 0. The zero-order chi connectivity index (χ0) is 16.8. The minimum atomic E-state index is -2.92. The van der Waals surface area contributed by atoms with Crippen molar-refractivity contribution in [2.24, 2.45) is 0 Å². The number of halogens is 3. The van der Waals surface area contributed by atoms with Crippen LogP contribution in [-0.2, 0) is 0 Å². The first kappa shape index (κ1) is 16.6. The molecule has 0 aromatic heterocycles. The van der Waals surface area contributed by atoms with Crippen LogP contribution in [0.1, 0.15) is 17.2 Å². The van der Waals surface area contributed by atoms with Crippen LogP contribution in [0.25, 0.3) is 0 Å². The van der Waals surface area contributed by atoms with E-state index in [1.165, 1.54) is 36.4 Å². The van der Waals surface area contributed by atoms with Crippen LogP contribution in [0.2, 0.25) is 0 Å². The Balaban J connectivity index is 2.01. The Morgan fingerprint density at radius 1 is 1.13 bits per heavy atom. The van der Waals surface area contributed by atoms with Crippen LogP contribution in [0.15, 0.2) is 42.5 Å². The maximum atomic E-state index is 13.4. The first-order chi connectivity index (χ1) is 11.0. The molecule has 1 N–H and O–H groups in total. The Morgan fingerprint density at radius 3 is 2.43 bits per heavy atom. The third-order valence-electron chi connectivity index (χ3n) is 2.97. The number of benzene rings is 2. The molecule has 1 unspecified atom stereocenters. The number of nitrogens with zero attached hydrogens (tertiary/aromatic N) is 1. The van der Waals surface area contributed by atoms with Crippen molar-refractivity contribution >= 4 is 0 Å². The summed E-state index contributed by atoms with van der Waals surface area (Å²) < 4.78 is 46.9. The molecule has 7 heteroatoms. The predicted octanol–water partition coefficient (Wildman–Crippen LogP) is 3.41. The summed E-state index contributed by atoms with van der Waals surface area (Å²) in [5.74, 6) is -0.731. The molecule has 23 heavy (non-hydrogen) atoms. The normalized spacial score (nSPS) is 11.8. The van der Waals surface area contributed by atoms with Crippen molar-refractivity contribution in [1.29, 1.82) is 5.26 Å². The van der Waals surface area contributed by atoms with E-state index in [4.69, 9.17) is 10.00 Å². The molecule has 1 atom stereocenters. The van der Waals surface area contributed by atoms with Gasteiger partial charge in [0.2, 0.25) is 0 Å². The Morgan fingerprint density at radius 2 is 1.83 bits per heavy atom. The van der Waals surface area contributed by atoms with Gasteiger partial charge in [0.15, 0.2) is 0 Å². The van der Waals surface area contributed by atoms with Gasteiger partial charge in [-0.25, -0.2) is 4.39 Å². The molecule has 0 aliphatic rings. The summed E-state index contributed by atoms with van der Waals surface area (Å²) in [6.07, 6.45) is -1.08. The zero-order valence-corrected chi connectivity index (χ0v) is 11.7. The molecule has 0 heterocycles. The van der Waals surface area contributed by atoms with E-state index in [1.807, 2.05) is 0 Å². The van der Waals surface area contributed by atoms with Crippen molar-refractivity contribution in [1.82, 2.24) is 0 Å². The predicted molar refractivity (Wildman–Crippen MR) is 74.6 cm³/mol. The zero-order valence-electron chi connectivity index (χ0n) is 11.7. The molecule has 0 bridgehead atoms. The van der Waals surface area contributed by atoms with E-state index < -0.39 is 18.5 Å². The molecule has 0 amide bonds. The highest BCUT2D eigenvalue weighted by Gasteiger charge is 2.13. The number of aliphatic hydroxyl groups excluding tert-OH is 1. The maximum Gasteiger partial charge on any atom is 0.387 e. The highest BCUT2D eigenvalue weighted by Crippen LogP contribution is 2.23. The summed E-state index contributed by atoms with van der Waals surface area (Å²) in [5, 5.41) is 18.9. The van der Waals surface area contributed by atoms with Crippen LogP contribution in [0.4, 0.5) is 13.2 Å². The van der Waals surface area contributed by atoms with Crippen LogP contribution in [0.5, 0.6) is 11.5 Å². The Hall–Kier alpha value is -2.72. The van der Waals surface area contributed by atoms with Crippen LogP contribution in [-0.4, -0.2) is 18.3 Å². The lowest BCUT2D eigenvalue weighted by atomic mass is 10.1. The minimum Gasteiger partial charge on any atom is -0.489 e. The standard InChI is InChI=1S/C16H12F3NO3/c17-13-2-1-3-15(12(13)8-20)22-9-14(21)10-4-6-11(7-5-10)23-16(18)19/h1-7,14,16,21H,9H2. The van der Waals surface area contributed by atoms with Crippen molar-refractivity contribution in [2.45, 2.75) is 12.7 Å². The van der Waals surface area contributed by atoms with Gasteiger partial charge in [0.1, 0.15) is 41.7 Å². The fourth-order valence-electron chi connectivity index (χ4n) is 1.87. The van der Waals surface area contributed by atoms with E-state index >= 15 is 0 Å². The summed E-state index contributed by atoms with van der Waals surface area (Å²) in [4.78, 5) is 0. The van der Waals surface area contributed by atoms with Gasteiger partial charge in [-0.3, -0.25) is 0 Å². The highest BCUT2D eigenvalue weighted by molar-refractivity contribution is 5.43. The largest absolute Gasteiger partial charge is 0.489 e. The van der Waals surface area contributed by atoms with E-state index in [0.717, 1.165) is 6.07 Å². The summed E-state index contributed by atoms with van der Waals surface area (Å²) in [6.45, 7) is -3.15. The van der Waals surface area contributed by atoms with Gasteiger partial charge in [-0.05, 0) is 29.8 Å². The molecular formula is C16H12F3NO3. The number of hydrogen-bond donors (Lipinski definition) is 1. The molecule has 4 nitrogen and oxygen atoms in total. The lowest BCUT2D eigenvalue weighted by molar-refractivity contribution is -0.0498. The highest BCUT2D eigenvalue weighted by atomic mass is 19.3. The minimum absolute atomic E-state index is 0.0178. The lowest BCUT2D eigenvalue weighted by Crippen LogP contribution is -2.11. The van der Waals surface area contributed by atoms with Crippen molar-refractivity contribution in [3.8, 4) is 17.6 Å². The van der Waals surface area contributed by atoms with Gasteiger partial charge in [-0.15, -0.1) is 0 Å². The molecule has 0 aliphatic carbocycles. The molecule has 0 saturated carbocycles. The van der Waals surface area contributed by atoms with E-state index in [-0.39, 0.29) is 23.7 Å². The number of rotatable bonds is 6. The Bertz CT molecular complexity index is 699. The van der Waals surface area contributed by atoms with E-state index in [9.17, 15) is 18.3 Å². The smallest absolute Gasteiger partial charge is 0.387 e. The van der Waals surface area contributed by atoms with Gasteiger partial charge in [-0.2, -0.15) is 14.0 Å². The molecule has 120 valence electrons. The van der Waals surface area contributed by atoms with E-state index in [2.05, 4.69) is 4.74 Å². The average molecular weight is 323 g/mol. The SMILES string of the molecule is N#Cc1c(F)cccc1OCC(O)c1ccc(OC(F)F)cc1. The second-order valence-electron chi connectivity index (χ2n) is 4.50. The molecule has 2 aromatic rings. The van der Waals surface area contributed by atoms with Gasteiger partial charge in [0, 0.05) is 0 Å². The first-order valence-corrected chi connectivity index (χ1v) is 6.55. The van der Waals surface area contributed by atoms with Crippen molar-refractivity contribution in [3.05, 3.63) is 59.4 Å². The number of hydrogen-bond acceptors (Lipinski definition) is 4. The van der Waals surface area contributed by atoms with Gasteiger partial charge < -0.3 is 14.6 Å². The van der Waals surface area contributed by atoms with Crippen molar-refractivity contribution < 1.29 is 27.8 Å². The second-order valence-corrected chi connectivity index (χ2v) is 4.50. The van der Waals surface area contributed by atoms with Gasteiger partial charge >= 0.3 is 6.61 Å². The monoisotopic (exact) mass is 323 g/mol. The van der Waals surface area contributed by atoms with Gasteiger partial charge in [-0.1, -0.05) is 18.2 Å². The quantitative estimate of drug-likeness (QED) is 0.885. The molecule has 2 aromatic carbocycles. The maximum absolute atomic E-state index is 13.4. The molecule has 0 spiro atoms. The molecule has 0 radical (unpaired) electrons. The average Bonchev–Trinajstić information content (AvgIpc) is 2.52. The molecule has 0 aliphatic heterocycles. The van der Waals surface area contributed by atoms with Crippen molar-refractivity contribution in [3.63, 3.8) is 0 Å². The Labute approximate surface area is 130 Å². The number of nitriles is 1. The first-order valence-electron chi connectivity index (χ1n) is 6.55. The van der Waals surface area contributed by atoms with Crippen LogP contribution in [0.3, 0.4) is 0 Å². The third-order valence-corrected chi connectivity index (χ3v) is 2.97. The summed E-state index contributed by atoms with van der Waals surface area (Å²) in [7, 11) is 0. The molecular weight excluding hydrogens is 311 g/mol. The van der Waals surface area contributed by atoms with Gasteiger partial charge in [0.05, 0.1) is 0 Å². The van der Waals surface area contributed by atoms with Crippen LogP contribution in [0, 0.1) is 17.1 Å². The topological polar surface area (TPSA) is 62.5 Å². The van der Waals surface area contributed by atoms with E-state index in [0.29, 0.717) is 5.56 Å². The fourth-order valence-corrected chi connectivity index (χ4v) is 1.87. The molecule has 0 fully saturated rings. The van der Waals surface area contributed by atoms with Crippen LogP contribution < -0.4 is 9.47 Å². The molecule has 2 rings (SSSR count).